The van der Waals surface area contributed by atoms with Crippen LogP contribution in [-0.2, 0) is 4.79 Å². The lowest BCUT2D eigenvalue weighted by atomic mass is 10.1. The SMILES string of the molecule is Cc1ccccc1SC1CCN(C(C)C(=O)Nc2nncs2)CC1. The fourth-order valence-electron chi connectivity index (χ4n) is 2.85. The second-order valence-corrected chi connectivity index (χ2v) is 8.20. The number of carbonyl (C=O) groups is 1. The topological polar surface area (TPSA) is 58.1 Å². The van der Waals surface area contributed by atoms with Crippen LogP contribution in [0.1, 0.15) is 25.3 Å². The smallest absolute Gasteiger partial charge is 0.243 e. The quantitative estimate of drug-likeness (QED) is 0.883. The summed E-state index contributed by atoms with van der Waals surface area (Å²) in [6, 6.07) is 8.41. The number of aromatic nitrogens is 2. The molecule has 1 atom stereocenters. The number of amides is 1. The molecule has 1 aromatic carbocycles. The molecular formula is C17H22N4OS2. The predicted octanol–water partition coefficient (Wildman–Crippen LogP) is 3.43. The van der Waals surface area contributed by atoms with Gasteiger partial charge in [0.1, 0.15) is 5.51 Å². The average Bonchev–Trinajstić information content (AvgIpc) is 3.10. The molecule has 0 aliphatic carbocycles. The lowest BCUT2D eigenvalue weighted by Gasteiger charge is -2.35. The van der Waals surface area contributed by atoms with Crippen LogP contribution in [0.5, 0.6) is 0 Å². The van der Waals surface area contributed by atoms with Crippen molar-refractivity contribution in [3.63, 3.8) is 0 Å². The van der Waals surface area contributed by atoms with E-state index in [4.69, 9.17) is 0 Å². The zero-order valence-corrected chi connectivity index (χ0v) is 15.6. The zero-order valence-electron chi connectivity index (χ0n) is 13.9. The highest BCUT2D eigenvalue weighted by atomic mass is 32.2. The molecule has 3 rings (SSSR count). The van der Waals surface area contributed by atoms with Gasteiger partial charge in [-0.15, -0.1) is 22.0 Å². The van der Waals surface area contributed by atoms with Gasteiger partial charge < -0.3 is 0 Å². The monoisotopic (exact) mass is 362 g/mol. The molecule has 128 valence electrons. The van der Waals surface area contributed by atoms with E-state index in [0.717, 1.165) is 25.9 Å². The summed E-state index contributed by atoms with van der Waals surface area (Å²) in [4.78, 5) is 15.9. The van der Waals surface area contributed by atoms with Crippen LogP contribution in [0.3, 0.4) is 0 Å². The van der Waals surface area contributed by atoms with Crippen molar-refractivity contribution in [2.24, 2.45) is 0 Å². The van der Waals surface area contributed by atoms with Crippen molar-refractivity contribution in [2.75, 3.05) is 18.4 Å². The summed E-state index contributed by atoms with van der Waals surface area (Å²) in [5.41, 5.74) is 2.96. The molecule has 1 saturated heterocycles. The summed E-state index contributed by atoms with van der Waals surface area (Å²) in [7, 11) is 0. The average molecular weight is 363 g/mol. The summed E-state index contributed by atoms with van der Waals surface area (Å²) in [6.45, 7) is 6.03. The molecule has 1 aliphatic rings. The normalized spacial score (nSPS) is 17.6. The number of likely N-dealkylation sites (tertiary alicyclic amines) is 1. The van der Waals surface area contributed by atoms with Crippen LogP contribution >= 0.6 is 23.1 Å². The second kappa shape index (κ2) is 8.09. The van der Waals surface area contributed by atoms with Crippen LogP contribution in [0.15, 0.2) is 34.7 Å². The number of nitrogens with zero attached hydrogens (tertiary/aromatic N) is 3. The Balaban J connectivity index is 1.49. The van der Waals surface area contributed by atoms with E-state index in [1.807, 2.05) is 18.7 Å². The summed E-state index contributed by atoms with van der Waals surface area (Å²) in [5, 5.41) is 11.6. The molecule has 1 amide bonds. The van der Waals surface area contributed by atoms with Crippen LogP contribution in [0.2, 0.25) is 0 Å². The van der Waals surface area contributed by atoms with Gasteiger partial charge in [-0.1, -0.05) is 29.5 Å². The van der Waals surface area contributed by atoms with E-state index >= 15 is 0 Å². The molecule has 1 N–H and O–H groups in total. The molecule has 1 aromatic heterocycles. The molecule has 1 aliphatic heterocycles. The Hall–Kier alpha value is -1.44. The van der Waals surface area contributed by atoms with Crippen molar-refractivity contribution in [1.29, 1.82) is 0 Å². The van der Waals surface area contributed by atoms with E-state index in [1.54, 1.807) is 5.51 Å². The van der Waals surface area contributed by atoms with Gasteiger partial charge in [-0.05, 0) is 51.4 Å². The molecule has 2 aromatic rings. The molecule has 7 heteroatoms. The van der Waals surface area contributed by atoms with Crippen LogP contribution in [-0.4, -0.2) is 45.4 Å². The standard InChI is InChI=1S/C17H22N4OS2/c1-12-5-3-4-6-15(12)24-14-7-9-21(10-8-14)13(2)16(22)19-17-20-18-11-23-17/h3-6,11,13-14H,7-10H2,1-2H3,(H,19,20,22). The van der Waals surface area contributed by atoms with Gasteiger partial charge in [0.05, 0.1) is 6.04 Å². The molecular weight excluding hydrogens is 340 g/mol. The fourth-order valence-corrected chi connectivity index (χ4v) is 4.52. The van der Waals surface area contributed by atoms with Gasteiger partial charge in [0.25, 0.3) is 0 Å². The van der Waals surface area contributed by atoms with Crippen molar-refractivity contribution in [2.45, 2.75) is 42.9 Å². The minimum Gasteiger partial charge on any atom is -0.299 e. The van der Waals surface area contributed by atoms with E-state index in [-0.39, 0.29) is 11.9 Å². The fraction of sp³-hybridized carbons (Fsp3) is 0.471. The maximum atomic E-state index is 12.3. The van der Waals surface area contributed by atoms with Gasteiger partial charge in [0.15, 0.2) is 0 Å². The molecule has 0 spiro atoms. The largest absolute Gasteiger partial charge is 0.299 e. The van der Waals surface area contributed by atoms with Crippen LogP contribution in [0, 0.1) is 6.92 Å². The zero-order chi connectivity index (χ0) is 16.9. The summed E-state index contributed by atoms with van der Waals surface area (Å²) in [5.74, 6) is -0.00300. The number of thioether (sulfide) groups is 1. The molecule has 5 nitrogen and oxygen atoms in total. The highest BCUT2D eigenvalue weighted by Crippen LogP contribution is 2.32. The van der Waals surface area contributed by atoms with E-state index in [0.29, 0.717) is 10.4 Å². The highest BCUT2D eigenvalue weighted by Gasteiger charge is 2.27. The number of benzene rings is 1. The van der Waals surface area contributed by atoms with Gasteiger partial charge in [0.2, 0.25) is 11.0 Å². The second-order valence-electron chi connectivity index (χ2n) is 6.03. The van der Waals surface area contributed by atoms with Gasteiger partial charge >= 0.3 is 0 Å². The summed E-state index contributed by atoms with van der Waals surface area (Å²) < 4.78 is 0. The van der Waals surface area contributed by atoms with Gasteiger partial charge in [-0.3, -0.25) is 15.0 Å². The van der Waals surface area contributed by atoms with Gasteiger partial charge in [-0.2, -0.15) is 0 Å². The maximum Gasteiger partial charge on any atom is 0.243 e. The Kier molecular flexibility index (Phi) is 5.86. The van der Waals surface area contributed by atoms with Crippen molar-refractivity contribution >= 4 is 34.1 Å². The van der Waals surface area contributed by atoms with E-state index in [9.17, 15) is 4.79 Å². The molecule has 0 saturated carbocycles. The maximum absolute atomic E-state index is 12.3. The molecule has 0 radical (unpaired) electrons. The minimum atomic E-state index is -0.140. The van der Waals surface area contributed by atoms with Gasteiger partial charge in [0, 0.05) is 10.1 Å². The Morgan fingerprint density at radius 2 is 2.12 bits per heavy atom. The molecule has 2 heterocycles. The molecule has 0 bridgehead atoms. The Morgan fingerprint density at radius 3 is 2.79 bits per heavy atom. The first-order valence-corrected chi connectivity index (χ1v) is 9.93. The van der Waals surface area contributed by atoms with Crippen molar-refractivity contribution < 1.29 is 4.79 Å². The molecule has 1 fully saturated rings. The number of hydrogen-bond donors (Lipinski definition) is 1. The van der Waals surface area contributed by atoms with E-state index < -0.39 is 0 Å². The lowest BCUT2D eigenvalue weighted by Crippen LogP contribution is -2.46. The molecule has 1 unspecified atom stereocenters. The lowest BCUT2D eigenvalue weighted by molar-refractivity contribution is -0.121. The van der Waals surface area contributed by atoms with Crippen molar-refractivity contribution in [3.05, 3.63) is 35.3 Å². The third kappa shape index (κ3) is 4.34. The number of rotatable bonds is 5. The first-order chi connectivity index (χ1) is 11.6. The first-order valence-electron chi connectivity index (χ1n) is 8.17. The number of anilines is 1. The first kappa shape index (κ1) is 17.4. The predicted molar refractivity (Wildman–Crippen MR) is 99.6 cm³/mol. The number of piperidine rings is 1. The van der Waals surface area contributed by atoms with Crippen LogP contribution in [0.25, 0.3) is 0 Å². The Bertz CT molecular complexity index is 669. The number of aryl methyl sites for hydroxylation is 1. The van der Waals surface area contributed by atoms with Crippen molar-refractivity contribution in [1.82, 2.24) is 15.1 Å². The number of nitrogens with one attached hydrogen (secondary N) is 1. The van der Waals surface area contributed by atoms with Gasteiger partial charge in [-0.25, -0.2) is 0 Å². The highest BCUT2D eigenvalue weighted by molar-refractivity contribution is 8.00. The minimum absolute atomic E-state index is 0.00300. The third-order valence-electron chi connectivity index (χ3n) is 4.38. The number of hydrogen-bond acceptors (Lipinski definition) is 6. The summed E-state index contributed by atoms with van der Waals surface area (Å²) in [6.07, 6.45) is 2.21. The van der Waals surface area contributed by atoms with Crippen LogP contribution in [0.4, 0.5) is 5.13 Å². The Morgan fingerprint density at radius 1 is 1.38 bits per heavy atom. The third-order valence-corrected chi connectivity index (χ3v) is 6.50. The van der Waals surface area contributed by atoms with E-state index in [2.05, 4.69) is 51.6 Å². The molecule has 24 heavy (non-hydrogen) atoms. The Labute approximate surface area is 150 Å². The summed E-state index contributed by atoms with van der Waals surface area (Å²) >= 11 is 3.32. The number of carbonyl (C=O) groups excluding carboxylic acids is 1. The van der Waals surface area contributed by atoms with Crippen molar-refractivity contribution in [3.8, 4) is 0 Å². The van der Waals surface area contributed by atoms with E-state index in [1.165, 1.54) is 21.8 Å². The van der Waals surface area contributed by atoms with Crippen LogP contribution < -0.4 is 5.32 Å².